The Balaban J connectivity index is 1.51. The Hall–Kier alpha value is -3.00. The smallest absolute Gasteiger partial charge is 0.272 e. The molecule has 7 nitrogen and oxygen atoms in total. The Kier molecular flexibility index (Phi) is 6.18. The standard InChI is InChI=1S/C23H27N5O2S/c1-15(2)14-27-22(30)21-18(11-12-31-21)28-19(25-26-23(27)28)9-10-20(29)24-13-16(3)17-7-5-4-6-8-17/h4-8,11-12,15-16H,9-10,13-14H2,1-3H3,(H,24,29). The summed E-state index contributed by atoms with van der Waals surface area (Å²) < 4.78 is 4.31. The molecule has 1 unspecified atom stereocenters. The minimum absolute atomic E-state index is 0.0170. The predicted molar refractivity (Wildman–Crippen MR) is 124 cm³/mol. The van der Waals surface area contributed by atoms with E-state index in [4.69, 9.17) is 0 Å². The number of hydrogen-bond donors (Lipinski definition) is 1. The summed E-state index contributed by atoms with van der Waals surface area (Å²) in [5.74, 6) is 1.77. The molecule has 8 heteroatoms. The van der Waals surface area contributed by atoms with E-state index in [2.05, 4.69) is 48.4 Å². The number of aromatic nitrogens is 4. The third-order valence-electron chi connectivity index (χ3n) is 5.38. The lowest BCUT2D eigenvalue weighted by atomic mass is 10.0. The lowest BCUT2D eigenvalue weighted by molar-refractivity contribution is -0.121. The summed E-state index contributed by atoms with van der Waals surface area (Å²) in [6.07, 6.45) is 0.773. The lowest BCUT2D eigenvalue weighted by Crippen LogP contribution is -2.28. The molecule has 0 radical (unpaired) electrons. The Morgan fingerprint density at radius 2 is 1.90 bits per heavy atom. The number of rotatable bonds is 8. The van der Waals surface area contributed by atoms with Crippen LogP contribution in [0.15, 0.2) is 46.6 Å². The second-order valence-electron chi connectivity index (χ2n) is 8.31. The molecule has 0 saturated carbocycles. The van der Waals surface area contributed by atoms with Gasteiger partial charge in [-0.3, -0.25) is 18.6 Å². The van der Waals surface area contributed by atoms with Crippen molar-refractivity contribution in [3.8, 4) is 0 Å². The minimum atomic E-state index is -0.0298. The SMILES string of the molecule is CC(C)Cn1c(=O)c2sccc2n2c(CCC(=O)NCC(C)c3ccccc3)nnc12. The second kappa shape index (κ2) is 9.01. The molecule has 31 heavy (non-hydrogen) atoms. The van der Waals surface area contributed by atoms with Gasteiger partial charge in [-0.05, 0) is 28.8 Å². The molecular weight excluding hydrogens is 410 g/mol. The highest BCUT2D eigenvalue weighted by atomic mass is 32.1. The van der Waals surface area contributed by atoms with Crippen LogP contribution >= 0.6 is 11.3 Å². The van der Waals surface area contributed by atoms with Crippen LogP contribution in [-0.4, -0.2) is 31.6 Å². The number of benzene rings is 1. The largest absolute Gasteiger partial charge is 0.355 e. The summed E-state index contributed by atoms with van der Waals surface area (Å²) in [5, 5.41) is 13.6. The van der Waals surface area contributed by atoms with Gasteiger partial charge in [0.25, 0.3) is 5.56 Å². The van der Waals surface area contributed by atoms with E-state index in [-0.39, 0.29) is 17.4 Å². The van der Waals surface area contributed by atoms with Crippen molar-refractivity contribution in [3.05, 3.63) is 63.5 Å². The zero-order chi connectivity index (χ0) is 22.0. The fourth-order valence-electron chi connectivity index (χ4n) is 3.75. The van der Waals surface area contributed by atoms with Gasteiger partial charge in [0, 0.05) is 25.9 Å². The molecule has 0 aliphatic rings. The van der Waals surface area contributed by atoms with E-state index in [1.165, 1.54) is 16.9 Å². The molecule has 0 bridgehead atoms. The van der Waals surface area contributed by atoms with Crippen LogP contribution in [0.25, 0.3) is 16.0 Å². The number of thiophene rings is 1. The summed E-state index contributed by atoms with van der Waals surface area (Å²) in [6.45, 7) is 7.40. The van der Waals surface area contributed by atoms with E-state index in [0.717, 1.165) is 5.52 Å². The average Bonchev–Trinajstić information content (AvgIpc) is 3.41. The van der Waals surface area contributed by atoms with Gasteiger partial charge in [0.05, 0.1) is 5.52 Å². The van der Waals surface area contributed by atoms with Crippen LogP contribution in [0.5, 0.6) is 0 Å². The van der Waals surface area contributed by atoms with Gasteiger partial charge in [-0.25, -0.2) is 0 Å². The highest BCUT2D eigenvalue weighted by molar-refractivity contribution is 7.17. The molecule has 0 saturated heterocycles. The first kappa shape index (κ1) is 21.2. The molecule has 1 N–H and O–H groups in total. The van der Waals surface area contributed by atoms with Gasteiger partial charge < -0.3 is 5.32 Å². The van der Waals surface area contributed by atoms with Crippen LogP contribution in [0.4, 0.5) is 0 Å². The molecule has 1 aromatic carbocycles. The zero-order valence-corrected chi connectivity index (χ0v) is 18.9. The molecule has 0 aliphatic heterocycles. The molecule has 0 fully saturated rings. The minimum Gasteiger partial charge on any atom is -0.355 e. The molecule has 0 aliphatic carbocycles. The Bertz CT molecular complexity index is 1260. The molecule has 0 spiro atoms. The number of carbonyl (C=O) groups is 1. The Morgan fingerprint density at radius 3 is 2.65 bits per heavy atom. The van der Waals surface area contributed by atoms with Crippen molar-refractivity contribution in [2.75, 3.05) is 6.54 Å². The molecular formula is C23H27N5O2S. The van der Waals surface area contributed by atoms with E-state index >= 15 is 0 Å². The maximum atomic E-state index is 12.9. The monoisotopic (exact) mass is 437 g/mol. The number of nitrogens with one attached hydrogen (secondary N) is 1. The second-order valence-corrected chi connectivity index (χ2v) is 9.23. The van der Waals surface area contributed by atoms with E-state index in [0.29, 0.717) is 48.2 Å². The molecule has 1 atom stereocenters. The summed E-state index contributed by atoms with van der Waals surface area (Å²) >= 11 is 1.43. The zero-order valence-electron chi connectivity index (χ0n) is 18.0. The van der Waals surface area contributed by atoms with Crippen LogP contribution in [-0.2, 0) is 17.8 Å². The molecule has 162 valence electrons. The Morgan fingerprint density at radius 1 is 1.13 bits per heavy atom. The fraction of sp³-hybridized carbons (Fsp3) is 0.391. The maximum Gasteiger partial charge on any atom is 0.272 e. The first-order chi connectivity index (χ1) is 15.0. The molecule has 4 rings (SSSR count). The summed E-state index contributed by atoms with van der Waals surface area (Å²) in [4.78, 5) is 25.4. The van der Waals surface area contributed by atoms with Crippen molar-refractivity contribution in [2.45, 2.75) is 46.1 Å². The van der Waals surface area contributed by atoms with Crippen LogP contribution in [0.2, 0.25) is 0 Å². The first-order valence-electron chi connectivity index (χ1n) is 10.6. The highest BCUT2D eigenvalue weighted by Crippen LogP contribution is 2.21. The Labute approximate surface area is 184 Å². The van der Waals surface area contributed by atoms with Crippen molar-refractivity contribution in [3.63, 3.8) is 0 Å². The van der Waals surface area contributed by atoms with Crippen molar-refractivity contribution < 1.29 is 4.79 Å². The number of hydrogen-bond acceptors (Lipinski definition) is 5. The molecule has 1 amide bonds. The third-order valence-corrected chi connectivity index (χ3v) is 6.27. The van der Waals surface area contributed by atoms with Crippen LogP contribution < -0.4 is 10.9 Å². The van der Waals surface area contributed by atoms with Crippen molar-refractivity contribution in [1.82, 2.24) is 24.5 Å². The van der Waals surface area contributed by atoms with Gasteiger partial charge >= 0.3 is 0 Å². The molecule has 4 aromatic rings. The van der Waals surface area contributed by atoms with E-state index in [9.17, 15) is 9.59 Å². The third kappa shape index (κ3) is 4.39. The van der Waals surface area contributed by atoms with Gasteiger partial charge in [-0.15, -0.1) is 21.5 Å². The van der Waals surface area contributed by atoms with Gasteiger partial charge in [0.15, 0.2) is 0 Å². The average molecular weight is 438 g/mol. The fourth-order valence-corrected chi connectivity index (χ4v) is 4.58. The number of nitrogens with zero attached hydrogens (tertiary/aromatic N) is 4. The summed E-state index contributed by atoms with van der Waals surface area (Å²) in [6, 6.07) is 12.1. The van der Waals surface area contributed by atoms with Gasteiger partial charge in [-0.1, -0.05) is 51.1 Å². The predicted octanol–water partition coefficient (Wildman–Crippen LogP) is 3.61. The number of carbonyl (C=O) groups excluding carboxylic acids is 1. The van der Waals surface area contributed by atoms with Gasteiger partial charge in [0.1, 0.15) is 10.5 Å². The van der Waals surface area contributed by atoms with E-state index in [1.807, 2.05) is 34.0 Å². The lowest BCUT2D eigenvalue weighted by Gasteiger charge is -2.13. The van der Waals surface area contributed by atoms with Crippen molar-refractivity contribution in [1.29, 1.82) is 0 Å². The topological polar surface area (TPSA) is 81.3 Å². The van der Waals surface area contributed by atoms with Crippen molar-refractivity contribution in [2.24, 2.45) is 5.92 Å². The number of aryl methyl sites for hydroxylation is 1. The highest BCUT2D eigenvalue weighted by Gasteiger charge is 2.18. The number of fused-ring (bicyclic) bond motifs is 3. The van der Waals surface area contributed by atoms with Crippen molar-refractivity contribution >= 4 is 33.2 Å². The summed E-state index contributed by atoms with van der Waals surface area (Å²) in [7, 11) is 0. The summed E-state index contributed by atoms with van der Waals surface area (Å²) in [5.41, 5.74) is 1.98. The van der Waals surface area contributed by atoms with E-state index < -0.39 is 0 Å². The van der Waals surface area contributed by atoms with Gasteiger partial charge in [-0.2, -0.15) is 0 Å². The molecule has 3 aromatic heterocycles. The van der Waals surface area contributed by atoms with Crippen LogP contribution in [0, 0.1) is 5.92 Å². The normalized spacial score (nSPS) is 12.6. The van der Waals surface area contributed by atoms with Crippen LogP contribution in [0.1, 0.15) is 44.5 Å². The number of amides is 1. The quantitative estimate of drug-likeness (QED) is 0.457. The van der Waals surface area contributed by atoms with E-state index in [1.54, 1.807) is 4.57 Å². The first-order valence-corrected chi connectivity index (χ1v) is 11.5. The maximum absolute atomic E-state index is 12.9. The van der Waals surface area contributed by atoms with Gasteiger partial charge in [0.2, 0.25) is 11.7 Å². The van der Waals surface area contributed by atoms with Crippen LogP contribution in [0.3, 0.4) is 0 Å². The molecule has 3 heterocycles.